The van der Waals surface area contributed by atoms with Gasteiger partial charge >= 0.3 is 16.8 Å². The SMILES string of the molecule is CC(=O)CCC1C2=NC(=CC3=NC(=C(C)C4=NC(C)(C5[N-]C(=C2C)C(C)(CCC(=O)NCC(C)OP(=O)([O-])O[C@@H]2[C@@H](CO)OC(n6cnc7cc(C)c(C)cc76)[C@@H]2O)C5CC(N)=O)C(C)(CC(N)=O)C4CCC(N)=O)C(C)(CC(N)=O)C3CCC(N)=O)C1(C)C.[CH2-][C@H]1OC(n2cnc3c(N)ncnc32)[C@H](O)[C@@H]1O.[Co+3]. The Balaban J connectivity index is 0.000000623. The Kier molecular flexibility index (Phi) is 25.2. The molecule has 34 nitrogen and oxygen atoms in total. The number of phosphoric ester groups is 1. The van der Waals surface area contributed by atoms with Crippen LogP contribution in [0.5, 0.6) is 0 Å². The van der Waals surface area contributed by atoms with E-state index >= 15 is 0 Å². The summed E-state index contributed by atoms with van der Waals surface area (Å²) in [6.45, 7) is 24.3. The van der Waals surface area contributed by atoms with Gasteiger partial charge in [0.1, 0.15) is 42.0 Å². The molecule has 10 heterocycles. The maximum atomic E-state index is 14.4. The van der Waals surface area contributed by atoms with Gasteiger partial charge in [-0.2, -0.15) is 5.70 Å². The number of Topliss-reactive ketones (excluding diaryl/α,β-unsaturated/α-hetero) is 1. The quantitative estimate of drug-likeness (QED) is 0.0301. The zero-order valence-corrected chi connectivity index (χ0v) is 65.2. The number of nitrogens with zero attached hydrogens (tertiary/aromatic N) is 10. The van der Waals surface area contributed by atoms with E-state index in [0.29, 0.717) is 74.0 Å². The third kappa shape index (κ3) is 16.4. The molecule has 7 aliphatic rings. The number of aliphatic hydroxyl groups excluding tert-OH is 4. The van der Waals surface area contributed by atoms with E-state index in [9.17, 15) is 63.4 Å². The number of nitrogens with one attached hydrogen (secondary N) is 1. The number of imidazole rings is 2. The van der Waals surface area contributed by atoms with E-state index < -0.39 is 162 Å². The largest absolute Gasteiger partial charge is 3.00 e. The second-order valence-corrected chi connectivity index (χ2v) is 32.7. The number of aliphatic imine (C=N–C) groups is 3. The summed E-state index contributed by atoms with van der Waals surface area (Å²) in [6.07, 6.45) is -5.15. The maximum absolute atomic E-state index is 14.4. The number of nitrogen functional groups attached to an aromatic ring is 1. The molecule has 3 aromatic heterocycles. The van der Waals surface area contributed by atoms with Crippen LogP contribution in [0.1, 0.15) is 163 Å². The monoisotopic (exact) mass is 1580 g/mol. The first kappa shape index (κ1) is 84.9. The number of benzene rings is 1. The van der Waals surface area contributed by atoms with Gasteiger partial charge in [0.05, 0.1) is 53.7 Å². The van der Waals surface area contributed by atoms with Crippen LogP contribution in [0.3, 0.4) is 0 Å². The zero-order chi connectivity index (χ0) is 79.6. The van der Waals surface area contributed by atoms with Crippen molar-refractivity contribution in [1.29, 1.82) is 0 Å². The number of amides is 6. The minimum atomic E-state index is -5.31. The number of phosphoric acid groups is 1. The van der Waals surface area contributed by atoms with Crippen LogP contribution in [0, 0.1) is 66.1 Å². The normalized spacial score (nSPS) is 31.8. The van der Waals surface area contributed by atoms with Crippen molar-refractivity contribution in [3.05, 3.63) is 88.8 Å². The molecular formula is C73H101CoN17O17P. The number of ketones is 1. The molecule has 0 spiro atoms. The summed E-state index contributed by atoms with van der Waals surface area (Å²) in [4.78, 5) is 140. The summed E-state index contributed by atoms with van der Waals surface area (Å²) >= 11 is 0. The molecule has 0 radical (unpaired) electrons. The average molecular weight is 1580 g/mol. The summed E-state index contributed by atoms with van der Waals surface area (Å²) in [5.41, 5.74) is 37.8. The number of ether oxygens (including phenoxy) is 2. The van der Waals surface area contributed by atoms with E-state index in [1.54, 1.807) is 6.92 Å². The first-order chi connectivity index (χ1) is 50.4. The number of fused-ring (bicyclic) bond motifs is 8. The Morgan fingerprint density at radius 3 is 1.98 bits per heavy atom. The molecule has 594 valence electrons. The smallest absolute Gasteiger partial charge is 0.756 e. The number of aryl methyl sites for hydroxylation is 2. The molecule has 0 aliphatic carbocycles. The Labute approximate surface area is 641 Å². The summed E-state index contributed by atoms with van der Waals surface area (Å²) in [5.74, 6) is -6.45. The number of rotatable bonds is 27. The number of hydrogen-bond acceptors (Lipinski definition) is 25. The molecule has 3 saturated heterocycles. The van der Waals surface area contributed by atoms with Gasteiger partial charge in [-0.25, -0.2) is 19.9 Å². The second-order valence-electron chi connectivity index (χ2n) is 31.4. The number of allylic oxidation sites excluding steroid dienone is 6. The molecule has 11 rings (SSSR count). The maximum Gasteiger partial charge on any atom is 3.00 e. The molecule has 13 unspecified atom stereocenters. The van der Waals surface area contributed by atoms with Gasteiger partial charge in [-0.05, 0) is 132 Å². The molecule has 36 heteroatoms. The van der Waals surface area contributed by atoms with Crippen molar-refractivity contribution in [2.75, 3.05) is 18.9 Å². The van der Waals surface area contributed by atoms with Gasteiger partial charge in [0.15, 0.2) is 23.9 Å². The molecule has 0 saturated carbocycles. The Morgan fingerprint density at radius 2 is 1.38 bits per heavy atom. The van der Waals surface area contributed by atoms with E-state index in [1.807, 2.05) is 80.5 Å². The molecule has 19 atom stereocenters. The van der Waals surface area contributed by atoms with Gasteiger partial charge in [-0.3, -0.25) is 52.9 Å². The Bertz CT molecular complexity index is 4520. The van der Waals surface area contributed by atoms with Crippen LogP contribution in [0.25, 0.3) is 27.5 Å². The minimum Gasteiger partial charge on any atom is -0.756 e. The van der Waals surface area contributed by atoms with Crippen molar-refractivity contribution in [3.8, 4) is 0 Å². The van der Waals surface area contributed by atoms with Crippen LogP contribution in [-0.2, 0) is 73.4 Å². The molecule has 1 aromatic carbocycles. The number of anilines is 1. The summed E-state index contributed by atoms with van der Waals surface area (Å²) < 4.78 is 38.8. The Morgan fingerprint density at radius 1 is 0.752 bits per heavy atom. The minimum absolute atomic E-state index is 0. The van der Waals surface area contributed by atoms with Gasteiger partial charge < -0.3 is 105 Å². The predicted octanol–water partition coefficient (Wildman–Crippen LogP) is 3.28. The first-order valence-electron chi connectivity index (χ1n) is 36.1. The molecular weight excluding hydrogens is 1480 g/mol. The van der Waals surface area contributed by atoms with Crippen LogP contribution >= 0.6 is 7.82 Å². The van der Waals surface area contributed by atoms with Crippen molar-refractivity contribution in [3.63, 3.8) is 0 Å². The molecule has 4 aromatic rings. The molecule has 17 N–H and O–H groups in total. The summed E-state index contributed by atoms with van der Waals surface area (Å²) in [6, 6.07) is 2.68. The number of aromatic nitrogens is 6. The van der Waals surface area contributed by atoms with E-state index in [-0.39, 0.29) is 99.1 Å². The van der Waals surface area contributed by atoms with E-state index in [1.165, 1.54) is 42.0 Å². The number of nitrogens with two attached hydrogens (primary N) is 6. The van der Waals surface area contributed by atoms with Gasteiger partial charge in [0.25, 0.3) is 7.82 Å². The number of primary amides is 5. The van der Waals surface area contributed by atoms with Crippen molar-refractivity contribution in [1.82, 2.24) is 34.4 Å². The van der Waals surface area contributed by atoms with Crippen LogP contribution in [0.15, 0.2) is 80.4 Å². The summed E-state index contributed by atoms with van der Waals surface area (Å²) in [7, 11) is -5.31. The van der Waals surface area contributed by atoms with E-state index in [0.717, 1.165) is 11.1 Å². The fraction of sp³-hybridized carbons (Fsp3) is 0.603. The molecule has 7 aliphatic heterocycles. The van der Waals surface area contributed by atoms with Crippen molar-refractivity contribution in [2.45, 2.75) is 220 Å². The third-order valence-electron chi connectivity index (χ3n) is 23.6. The molecule has 109 heavy (non-hydrogen) atoms. The number of hydrogen-bond donors (Lipinski definition) is 11. The number of carbonyl (C=O) groups is 7. The van der Waals surface area contributed by atoms with Crippen LogP contribution in [0.4, 0.5) is 5.82 Å². The van der Waals surface area contributed by atoms with Crippen molar-refractivity contribution < 1.29 is 98.7 Å². The van der Waals surface area contributed by atoms with Crippen LogP contribution in [-0.4, -0.2) is 175 Å². The van der Waals surface area contributed by atoms with Gasteiger partial charge in [0, 0.05) is 108 Å². The Hall–Kier alpha value is -8.06. The molecule has 8 bridgehead atoms. The first-order valence-corrected chi connectivity index (χ1v) is 37.5. The van der Waals surface area contributed by atoms with Crippen molar-refractivity contribution >= 4 is 94.2 Å². The summed E-state index contributed by atoms with van der Waals surface area (Å²) in [5, 5.41) is 49.7. The topological polar surface area (TPSA) is 558 Å². The van der Waals surface area contributed by atoms with Crippen LogP contribution in [0.2, 0.25) is 0 Å². The van der Waals surface area contributed by atoms with Gasteiger partial charge in [-0.1, -0.05) is 40.7 Å². The number of aliphatic hydroxyl groups is 4. The molecule has 6 amide bonds. The fourth-order valence-corrected chi connectivity index (χ4v) is 18.5. The van der Waals surface area contributed by atoms with Gasteiger partial charge in [0.2, 0.25) is 35.4 Å². The molecule has 3 fully saturated rings. The van der Waals surface area contributed by atoms with Crippen LogP contribution < -0.4 is 44.6 Å². The fourth-order valence-electron chi connectivity index (χ4n) is 17.4. The zero-order valence-electron chi connectivity index (χ0n) is 63.3. The standard InChI is InChI=1S/C63H91N12O14P.C10H12N5O3.Co/c1-30-21-41-42(22-31(30)2)75(29-70-41)58-53(84)54(43(28-76)87-58)89-90(85,86)88-33(4)27-69-50(83)19-20-60(9)39(23-47(66)80)57-63(12)62(11,26-49(68)82)38(16-18-46(65)79)52(74-63)35(6)56-61(10,25-48(67)81)36(15-17-45(64)78)40(71-56)24-44-59(7,8)37(14-13-32(3)77)51(72-44)34(5)55(60)73-57;1-4-6(16)7(17)10(18-4)15-3-14-5-8(11)12-2-13-9(5)15;/h21-22,24,29,33,36-39,43,53-54,57-58,76,84H,13-20,23,25-28H2,1-12H3,(H13,64,65,66,67,68,69,71,72,73,74,78,79,80,81,82,83,85,86);2-4,6-7,10,16-17H,1H2,(H2,11,12,13);/q;-1;+3/p-2/t33?,36?,37?,38?,39?,43-,53-,54-,57?,58?,60?,61?,62?,63?;4-,6-,7-,10?;/m11./s1. The van der Waals surface area contributed by atoms with E-state index in [4.69, 9.17) is 73.2 Å². The second kappa shape index (κ2) is 32.3. The average Bonchev–Trinajstić information content (AvgIpc) is 1.53. The number of carbonyl (C=O) groups excluding carboxylic acids is 7. The van der Waals surface area contributed by atoms with Gasteiger partial charge in [-0.15, -0.1) is 0 Å². The predicted molar refractivity (Wildman–Crippen MR) is 394 cm³/mol. The van der Waals surface area contributed by atoms with Crippen molar-refractivity contribution in [2.24, 2.45) is 89.0 Å². The third-order valence-corrected chi connectivity index (χ3v) is 24.7. The van der Waals surface area contributed by atoms with E-state index in [2.05, 4.69) is 32.2 Å².